The van der Waals surface area contributed by atoms with Gasteiger partial charge in [-0.25, -0.2) is 0 Å². The molecule has 28 heavy (non-hydrogen) atoms. The Morgan fingerprint density at radius 1 is 1.14 bits per heavy atom. The molecule has 1 aliphatic rings. The van der Waals surface area contributed by atoms with Crippen LogP contribution in [-0.2, 0) is 14.1 Å². The number of aryl methyl sites for hydroxylation is 3. The summed E-state index contributed by atoms with van der Waals surface area (Å²) in [5, 5.41) is -1.39. The number of benzene rings is 1. The third-order valence-corrected chi connectivity index (χ3v) is 7.42. The molecule has 5 heteroatoms. The van der Waals surface area contributed by atoms with Crippen molar-refractivity contribution >= 4 is 20.2 Å². The molecule has 1 aromatic rings. The summed E-state index contributed by atoms with van der Waals surface area (Å²) in [7, 11) is -0.350. The molecule has 2 rings (SSSR count). The zero-order valence-corrected chi connectivity index (χ0v) is 18.9. The van der Waals surface area contributed by atoms with Gasteiger partial charge < -0.3 is 4.74 Å². The fraction of sp³-hybridized carbons (Fsp3) is 0.652. The number of Topliss-reactive ketones (excluding diaryl/α,β-unsaturated/α-hetero) is 1. The Labute approximate surface area is 170 Å². The zero-order chi connectivity index (χ0) is 21.1. The molecule has 0 aromatic heterocycles. The summed E-state index contributed by atoms with van der Waals surface area (Å²) in [5.41, 5.74) is 2.58. The van der Waals surface area contributed by atoms with Crippen LogP contribution >= 0.6 is 8.46 Å². The van der Waals surface area contributed by atoms with Gasteiger partial charge in [-0.1, -0.05) is 43.9 Å². The first kappa shape index (κ1) is 22.7. The van der Waals surface area contributed by atoms with Gasteiger partial charge in [0.25, 0.3) is 0 Å². The predicted octanol–water partition coefficient (Wildman–Crippen LogP) is 6.14. The molecule has 0 heterocycles. The Kier molecular flexibility index (Phi) is 7.20. The first-order valence-electron chi connectivity index (χ1n) is 10.3. The lowest BCUT2D eigenvalue weighted by molar-refractivity contribution is -0.154. The lowest BCUT2D eigenvalue weighted by atomic mass is 9.61. The third-order valence-electron chi connectivity index (χ3n) is 6.44. The molecule has 2 unspecified atom stereocenters. The Morgan fingerprint density at radius 3 is 2.14 bits per heavy atom. The molecule has 0 amide bonds. The summed E-state index contributed by atoms with van der Waals surface area (Å²) in [6, 6.07) is 4.00. The molecule has 4 nitrogen and oxygen atoms in total. The molecule has 0 N–H and O–H groups in total. The molecule has 0 aliphatic heterocycles. The minimum absolute atomic E-state index is 0.0610. The smallest absolute Gasteiger partial charge is 0.324 e. The quantitative estimate of drug-likeness (QED) is 0.311. The van der Waals surface area contributed by atoms with Gasteiger partial charge in [0.2, 0.25) is 0 Å². The molecule has 154 valence electrons. The van der Waals surface area contributed by atoms with Crippen LogP contribution in [0, 0.1) is 26.2 Å². The number of hydrogen-bond acceptors (Lipinski definition) is 4. The van der Waals surface area contributed by atoms with Crippen LogP contribution in [0.15, 0.2) is 12.1 Å². The number of esters is 1. The normalized spacial score (nSPS) is 19.6. The van der Waals surface area contributed by atoms with Gasteiger partial charge in [0, 0.05) is 5.56 Å². The molecule has 1 aromatic carbocycles. The van der Waals surface area contributed by atoms with Crippen molar-refractivity contribution in [1.29, 1.82) is 0 Å². The van der Waals surface area contributed by atoms with Gasteiger partial charge in [0.15, 0.2) is 19.4 Å². The zero-order valence-electron chi connectivity index (χ0n) is 18.1. The maximum Gasteiger partial charge on any atom is 0.324 e. The van der Waals surface area contributed by atoms with Gasteiger partial charge in [0.1, 0.15) is 0 Å². The molecule has 1 fully saturated rings. The number of carbonyl (C=O) groups excluding carboxylic acids is 2. The van der Waals surface area contributed by atoms with Crippen molar-refractivity contribution in [2.24, 2.45) is 5.41 Å². The van der Waals surface area contributed by atoms with E-state index in [0.717, 1.165) is 36.0 Å². The summed E-state index contributed by atoms with van der Waals surface area (Å²) in [6.45, 7) is 11.3. The lowest BCUT2D eigenvalue weighted by Gasteiger charge is -2.45. The van der Waals surface area contributed by atoms with Crippen LogP contribution < -0.4 is 0 Å². The molecule has 0 spiro atoms. The highest BCUT2D eigenvalue weighted by atomic mass is 31.1. The molecular formula is C23H33O4P. The van der Waals surface area contributed by atoms with E-state index in [4.69, 9.17) is 4.74 Å². The van der Waals surface area contributed by atoms with E-state index in [-0.39, 0.29) is 20.3 Å². The molecule has 0 radical (unpaired) electrons. The minimum Gasteiger partial charge on any atom is -0.462 e. The number of ether oxygens (including phenoxy) is 1. The summed E-state index contributed by atoms with van der Waals surface area (Å²) < 4.78 is 18.0. The molecule has 0 bridgehead atoms. The fourth-order valence-corrected chi connectivity index (χ4v) is 5.20. The van der Waals surface area contributed by atoms with E-state index in [1.165, 1.54) is 0 Å². The average Bonchev–Trinajstić information content (AvgIpc) is 2.66. The molecular weight excluding hydrogens is 371 g/mol. The first-order chi connectivity index (χ1) is 13.1. The maximum atomic E-state index is 14.0. The van der Waals surface area contributed by atoms with Gasteiger partial charge in [-0.2, -0.15) is 0 Å². The number of carbonyl (C=O) groups is 2. The minimum atomic E-state index is -1.39. The fourth-order valence-electron chi connectivity index (χ4n) is 4.57. The van der Waals surface area contributed by atoms with Crippen molar-refractivity contribution in [2.45, 2.75) is 91.3 Å². The van der Waals surface area contributed by atoms with Crippen LogP contribution in [0.5, 0.6) is 0 Å². The second-order valence-corrected chi connectivity index (χ2v) is 9.61. The van der Waals surface area contributed by atoms with E-state index < -0.39 is 16.5 Å². The van der Waals surface area contributed by atoms with Gasteiger partial charge in [-0.05, 0) is 65.0 Å². The van der Waals surface area contributed by atoms with Gasteiger partial charge in [-0.3, -0.25) is 14.2 Å². The van der Waals surface area contributed by atoms with Crippen molar-refractivity contribution in [3.8, 4) is 0 Å². The van der Waals surface area contributed by atoms with Gasteiger partial charge in [-0.15, -0.1) is 0 Å². The van der Waals surface area contributed by atoms with Crippen molar-refractivity contribution < 1.29 is 18.9 Å². The monoisotopic (exact) mass is 404 g/mol. The van der Waals surface area contributed by atoms with Gasteiger partial charge >= 0.3 is 5.97 Å². The summed E-state index contributed by atoms with van der Waals surface area (Å²) in [4.78, 5) is 27.1. The average molecular weight is 404 g/mol. The van der Waals surface area contributed by atoms with Crippen LogP contribution in [0.1, 0.15) is 86.3 Å². The van der Waals surface area contributed by atoms with E-state index in [1.807, 2.05) is 46.8 Å². The molecule has 0 saturated heterocycles. The van der Waals surface area contributed by atoms with Crippen molar-refractivity contribution in [2.75, 3.05) is 0 Å². The molecule has 1 saturated carbocycles. The van der Waals surface area contributed by atoms with E-state index >= 15 is 0 Å². The van der Waals surface area contributed by atoms with Gasteiger partial charge in [0.05, 0.1) is 11.5 Å². The molecule has 1 aliphatic carbocycles. The van der Waals surface area contributed by atoms with Crippen molar-refractivity contribution in [1.82, 2.24) is 0 Å². The van der Waals surface area contributed by atoms with Crippen molar-refractivity contribution in [3.63, 3.8) is 0 Å². The predicted molar refractivity (Wildman–Crippen MR) is 112 cm³/mol. The van der Waals surface area contributed by atoms with Crippen molar-refractivity contribution in [3.05, 3.63) is 34.4 Å². The number of ketones is 1. The Hall–Kier alpha value is -1.54. The second kappa shape index (κ2) is 8.86. The second-order valence-electron chi connectivity index (χ2n) is 8.53. The van der Waals surface area contributed by atoms with E-state index in [0.29, 0.717) is 24.8 Å². The highest BCUT2D eigenvalue weighted by Crippen LogP contribution is 2.54. The van der Waals surface area contributed by atoms with E-state index in [1.54, 1.807) is 6.92 Å². The summed E-state index contributed by atoms with van der Waals surface area (Å²) in [6.07, 6.45) is 4.23. The highest BCUT2D eigenvalue weighted by molar-refractivity contribution is 7.28. The van der Waals surface area contributed by atoms with Crippen LogP contribution in [0.3, 0.4) is 0 Å². The largest absolute Gasteiger partial charge is 0.462 e. The van der Waals surface area contributed by atoms with Crippen LogP contribution in [0.4, 0.5) is 0 Å². The lowest BCUT2D eigenvalue weighted by Crippen LogP contribution is -2.55. The van der Waals surface area contributed by atoms with Crippen LogP contribution in [-0.4, -0.2) is 23.0 Å². The standard InChI is InChI=1S/C23H33O4P/c1-7-18(5)27-21(25)22(6,28-26)23(11-9-8-10-12-23)20(24)19-16(3)13-15(2)14-17(19)4/h13-14,18H,7-12H2,1-6H3. The first-order valence-corrected chi connectivity index (χ1v) is 11.1. The van der Waals surface area contributed by atoms with E-state index in [9.17, 15) is 14.2 Å². The Balaban J connectivity index is 2.61. The maximum absolute atomic E-state index is 14.0. The third kappa shape index (κ3) is 3.94. The SMILES string of the molecule is CCC(C)OC(=O)C(C)(P=O)C1(C(=O)c2c(C)cc(C)cc2C)CCCCC1. The summed E-state index contributed by atoms with van der Waals surface area (Å²) in [5.74, 6) is -0.592. The Morgan fingerprint density at radius 2 is 1.68 bits per heavy atom. The highest BCUT2D eigenvalue weighted by Gasteiger charge is 2.60. The van der Waals surface area contributed by atoms with Crippen LogP contribution in [0.25, 0.3) is 0 Å². The molecule has 2 atom stereocenters. The Bertz CT molecular complexity index is 741. The summed E-state index contributed by atoms with van der Waals surface area (Å²) >= 11 is 0. The van der Waals surface area contributed by atoms with E-state index in [2.05, 4.69) is 0 Å². The topological polar surface area (TPSA) is 60.4 Å². The number of rotatable bonds is 7. The number of hydrogen-bond donors (Lipinski definition) is 0. The van der Waals surface area contributed by atoms with Crippen LogP contribution in [0.2, 0.25) is 0 Å².